The van der Waals surface area contributed by atoms with Crippen LogP contribution in [0.1, 0.15) is 39.0 Å². The predicted octanol–water partition coefficient (Wildman–Crippen LogP) is 3.68. The van der Waals surface area contributed by atoms with E-state index in [0.29, 0.717) is 17.6 Å². The maximum Gasteiger partial charge on any atom is 0.277 e. The van der Waals surface area contributed by atoms with Gasteiger partial charge in [0.15, 0.2) is 0 Å². The van der Waals surface area contributed by atoms with Crippen molar-refractivity contribution in [2.24, 2.45) is 0 Å². The number of carbonyl (C=O) groups is 1. The Kier molecular flexibility index (Phi) is 5.79. The average Bonchev–Trinajstić information content (AvgIpc) is 3.13. The molecule has 152 valence electrons. The van der Waals surface area contributed by atoms with Gasteiger partial charge in [0.2, 0.25) is 5.91 Å². The van der Waals surface area contributed by atoms with Crippen LogP contribution in [-0.4, -0.2) is 38.0 Å². The molecule has 0 radical (unpaired) electrons. The van der Waals surface area contributed by atoms with Crippen molar-refractivity contribution in [2.75, 3.05) is 13.1 Å². The van der Waals surface area contributed by atoms with Crippen molar-refractivity contribution < 1.29 is 4.79 Å². The van der Waals surface area contributed by atoms with Crippen LogP contribution in [0, 0.1) is 0 Å². The van der Waals surface area contributed by atoms with Gasteiger partial charge in [0.25, 0.3) is 5.56 Å². The summed E-state index contributed by atoms with van der Waals surface area (Å²) in [6, 6.07) is 9.93. The van der Waals surface area contributed by atoms with Crippen LogP contribution in [0.2, 0.25) is 0 Å². The maximum atomic E-state index is 13.2. The Balaban J connectivity index is 1.78. The molecule has 0 unspecified atom stereocenters. The molecule has 0 bridgehead atoms. The second kappa shape index (κ2) is 8.64. The smallest absolute Gasteiger partial charge is 0.277 e. The van der Waals surface area contributed by atoms with Gasteiger partial charge in [0.1, 0.15) is 17.6 Å². The molecule has 29 heavy (non-hydrogen) atoms. The third-order valence-electron chi connectivity index (χ3n) is 5.69. The molecule has 0 spiro atoms. The van der Waals surface area contributed by atoms with Gasteiger partial charge in [-0.05, 0) is 31.2 Å². The molecule has 0 N–H and O–H groups in total. The third-order valence-corrected chi connectivity index (χ3v) is 5.69. The number of hydrogen-bond acceptors (Lipinski definition) is 3. The first-order valence-electron chi connectivity index (χ1n) is 10.6. The molecule has 1 aromatic carbocycles. The van der Waals surface area contributed by atoms with Crippen molar-refractivity contribution in [3.05, 3.63) is 53.2 Å². The Bertz CT molecular complexity index is 1050. The highest BCUT2D eigenvalue weighted by molar-refractivity contribution is 5.93. The molecule has 2 aromatic heterocycles. The maximum absolute atomic E-state index is 13.2. The third kappa shape index (κ3) is 3.97. The molecule has 1 fully saturated rings. The van der Waals surface area contributed by atoms with E-state index < -0.39 is 0 Å². The van der Waals surface area contributed by atoms with Crippen molar-refractivity contribution in [1.82, 2.24) is 19.0 Å². The number of carbonyl (C=O) groups excluding carboxylic acids is 1. The molecule has 3 aromatic rings. The molecule has 3 heterocycles. The summed E-state index contributed by atoms with van der Waals surface area (Å²) in [6.07, 6.45) is 8.78. The number of unbranched alkanes of at least 4 members (excludes halogenated alkanes) is 1. The topological polar surface area (TPSA) is 60.1 Å². The Morgan fingerprint density at radius 2 is 1.83 bits per heavy atom. The summed E-state index contributed by atoms with van der Waals surface area (Å²) in [5.41, 5.74) is 3.01. The number of aryl methyl sites for hydroxylation is 1. The molecule has 1 amide bonds. The number of rotatable bonds is 6. The zero-order chi connectivity index (χ0) is 20.2. The van der Waals surface area contributed by atoms with Crippen LogP contribution in [0.5, 0.6) is 0 Å². The molecule has 0 aliphatic carbocycles. The van der Waals surface area contributed by atoms with E-state index in [2.05, 4.69) is 11.9 Å². The lowest BCUT2D eigenvalue weighted by atomic mass is 10.1. The van der Waals surface area contributed by atoms with Gasteiger partial charge in [-0.1, -0.05) is 43.7 Å². The summed E-state index contributed by atoms with van der Waals surface area (Å²) in [4.78, 5) is 32.7. The van der Waals surface area contributed by atoms with E-state index in [0.717, 1.165) is 49.9 Å². The highest BCUT2D eigenvalue weighted by Gasteiger charge is 2.21. The number of hydrogen-bond donors (Lipinski definition) is 0. The Morgan fingerprint density at radius 1 is 1.07 bits per heavy atom. The Hall–Kier alpha value is -2.89. The summed E-state index contributed by atoms with van der Waals surface area (Å²) < 4.78 is 3.48. The van der Waals surface area contributed by atoms with E-state index in [1.165, 1.54) is 6.42 Å². The summed E-state index contributed by atoms with van der Waals surface area (Å²) in [5.74, 6) is 0.0737. The molecule has 4 rings (SSSR count). The number of piperidine rings is 1. The minimum atomic E-state index is -0.0722. The van der Waals surface area contributed by atoms with E-state index in [-0.39, 0.29) is 18.0 Å². The van der Waals surface area contributed by atoms with E-state index in [1.807, 2.05) is 46.0 Å². The first-order chi connectivity index (χ1) is 14.2. The van der Waals surface area contributed by atoms with Gasteiger partial charge in [0.05, 0.1) is 6.33 Å². The number of amides is 1. The van der Waals surface area contributed by atoms with Crippen LogP contribution in [0.25, 0.3) is 22.2 Å². The largest absolute Gasteiger partial charge is 0.341 e. The van der Waals surface area contributed by atoms with Crippen LogP contribution in [-0.2, 0) is 17.9 Å². The quantitative estimate of drug-likeness (QED) is 0.643. The van der Waals surface area contributed by atoms with Crippen LogP contribution in [0.3, 0.4) is 0 Å². The predicted molar refractivity (Wildman–Crippen MR) is 115 cm³/mol. The highest BCUT2D eigenvalue weighted by Crippen LogP contribution is 2.27. The summed E-state index contributed by atoms with van der Waals surface area (Å²) in [5, 5.41) is 0. The van der Waals surface area contributed by atoms with Crippen LogP contribution < -0.4 is 5.56 Å². The van der Waals surface area contributed by atoms with E-state index in [4.69, 9.17) is 0 Å². The first kappa shape index (κ1) is 19.4. The van der Waals surface area contributed by atoms with Gasteiger partial charge >= 0.3 is 0 Å². The van der Waals surface area contributed by atoms with E-state index >= 15 is 0 Å². The van der Waals surface area contributed by atoms with Crippen LogP contribution in [0.4, 0.5) is 0 Å². The average molecular weight is 393 g/mol. The minimum Gasteiger partial charge on any atom is -0.341 e. The number of fused-ring (bicyclic) bond motifs is 1. The fraction of sp³-hybridized carbons (Fsp3) is 0.435. The Morgan fingerprint density at radius 3 is 2.55 bits per heavy atom. The molecule has 0 atom stereocenters. The summed E-state index contributed by atoms with van der Waals surface area (Å²) in [7, 11) is 0. The molecule has 6 nitrogen and oxygen atoms in total. The SMILES string of the molecule is CCCCn1cnc2c(-c3ccccc3)cn(CC(=O)N3CCCCC3)c2c1=O. The van der Waals surface area contributed by atoms with E-state index in [9.17, 15) is 9.59 Å². The van der Waals surface area contributed by atoms with Gasteiger partial charge in [-0.15, -0.1) is 0 Å². The van der Waals surface area contributed by atoms with Crippen molar-refractivity contribution in [1.29, 1.82) is 0 Å². The highest BCUT2D eigenvalue weighted by atomic mass is 16.2. The number of likely N-dealkylation sites (tertiary alicyclic amines) is 1. The van der Waals surface area contributed by atoms with Gasteiger partial charge in [0, 0.05) is 31.4 Å². The molecule has 6 heteroatoms. The molecular formula is C23H28N4O2. The molecule has 0 saturated carbocycles. The lowest BCUT2D eigenvalue weighted by molar-refractivity contribution is -0.132. The molecule has 1 aliphatic rings. The summed E-state index contributed by atoms with van der Waals surface area (Å²) >= 11 is 0. The van der Waals surface area contributed by atoms with Crippen LogP contribution in [0.15, 0.2) is 47.7 Å². The van der Waals surface area contributed by atoms with E-state index in [1.54, 1.807) is 10.9 Å². The van der Waals surface area contributed by atoms with Gasteiger partial charge in [-0.25, -0.2) is 4.98 Å². The normalized spacial score (nSPS) is 14.4. The first-order valence-corrected chi connectivity index (χ1v) is 10.6. The minimum absolute atomic E-state index is 0.0722. The monoisotopic (exact) mass is 392 g/mol. The zero-order valence-electron chi connectivity index (χ0n) is 17.0. The van der Waals surface area contributed by atoms with Crippen molar-refractivity contribution in [3.8, 4) is 11.1 Å². The fourth-order valence-corrected chi connectivity index (χ4v) is 4.05. The second-order valence-corrected chi connectivity index (χ2v) is 7.77. The molecule has 1 aliphatic heterocycles. The number of aromatic nitrogens is 3. The second-order valence-electron chi connectivity index (χ2n) is 7.77. The Labute approximate surface area is 170 Å². The lowest BCUT2D eigenvalue weighted by Gasteiger charge is -2.26. The standard InChI is InChI=1S/C23H28N4O2/c1-2-3-12-26-17-24-21-19(18-10-6-4-7-11-18)15-27(22(21)23(26)29)16-20(28)25-13-8-5-9-14-25/h4,6-7,10-11,15,17H,2-3,5,8-9,12-14,16H2,1H3. The number of benzene rings is 1. The molecule has 1 saturated heterocycles. The van der Waals surface area contributed by atoms with Gasteiger partial charge < -0.3 is 9.47 Å². The van der Waals surface area contributed by atoms with Crippen LogP contribution >= 0.6 is 0 Å². The van der Waals surface area contributed by atoms with Crippen molar-refractivity contribution >= 4 is 16.9 Å². The van der Waals surface area contributed by atoms with Gasteiger partial charge in [-0.3, -0.25) is 14.2 Å². The lowest BCUT2D eigenvalue weighted by Crippen LogP contribution is -2.38. The number of nitrogens with zero attached hydrogens (tertiary/aromatic N) is 4. The zero-order valence-corrected chi connectivity index (χ0v) is 17.0. The van der Waals surface area contributed by atoms with Gasteiger partial charge in [-0.2, -0.15) is 0 Å². The van der Waals surface area contributed by atoms with Crippen molar-refractivity contribution in [3.63, 3.8) is 0 Å². The molecular weight excluding hydrogens is 364 g/mol. The summed E-state index contributed by atoms with van der Waals surface area (Å²) in [6.45, 7) is 4.54. The van der Waals surface area contributed by atoms with Crippen molar-refractivity contribution in [2.45, 2.75) is 52.1 Å². The fourth-order valence-electron chi connectivity index (χ4n) is 4.05.